The number of nitrogens with one attached hydrogen (secondary N) is 2. The molecule has 4 rings (SSSR count). The molecule has 0 radical (unpaired) electrons. The molecule has 0 aliphatic heterocycles. The Morgan fingerprint density at radius 1 is 1.00 bits per heavy atom. The maximum absolute atomic E-state index is 6.04. The first kappa shape index (κ1) is 16.8. The largest absolute Gasteiger partial charge is 0.361 e. The molecule has 2 aromatic heterocycles. The summed E-state index contributed by atoms with van der Waals surface area (Å²) in [5, 5.41) is 5.54. The lowest BCUT2D eigenvalue weighted by molar-refractivity contribution is 0.688. The molecular weight excluding hydrogens is 342 g/mol. The number of pyridine rings is 1. The highest BCUT2D eigenvalue weighted by Crippen LogP contribution is 2.22. The molecule has 3 nitrogen and oxygen atoms in total. The van der Waals surface area contributed by atoms with Crippen molar-refractivity contribution in [1.82, 2.24) is 15.3 Å². The minimum absolute atomic E-state index is 0.761. The van der Waals surface area contributed by atoms with Crippen LogP contribution in [-0.4, -0.2) is 16.5 Å². The van der Waals surface area contributed by atoms with E-state index in [4.69, 9.17) is 11.6 Å². The quantitative estimate of drug-likeness (QED) is 0.462. The molecule has 130 valence electrons. The molecule has 2 N–H and O–H groups in total. The first-order valence-electron chi connectivity index (χ1n) is 8.76. The van der Waals surface area contributed by atoms with E-state index in [2.05, 4.69) is 51.8 Å². The van der Waals surface area contributed by atoms with Gasteiger partial charge in [-0.1, -0.05) is 41.9 Å². The van der Waals surface area contributed by atoms with Crippen LogP contribution < -0.4 is 5.32 Å². The van der Waals surface area contributed by atoms with Crippen LogP contribution >= 0.6 is 11.6 Å². The molecule has 0 unspecified atom stereocenters. The fourth-order valence-electron chi connectivity index (χ4n) is 3.20. The van der Waals surface area contributed by atoms with Gasteiger partial charge in [-0.05, 0) is 54.4 Å². The zero-order chi connectivity index (χ0) is 17.8. The summed E-state index contributed by atoms with van der Waals surface area (Å²) in [5.41, 5.74) is 5.83. The lowest BCUT2D eigenvalue weighted by Crippen LogP contribution is -2.16. The van der Waals surface area contributed by atoms with Crippen LogP contribution in [0.5, 0.6) is 0 Å². The van der Waals surface area contributed by atoms with E-state index < -0.39 is 0 Å². The molecule has 0 fully saturated rings. The fourth-order valence-corrected chi connectivity index (χ4v) is 3.37. The molecule has 0 aliphatic carbocycles. The van der Waals surface area contributed by atoms with E-state index in [1.807, 2.05) is 36.5 Å². The summed E-state index contributed by atoms with van der Waals surface area (Å²) >= 11 is 6.04. The highest BCUT2D eigenvalue weighted by Gasteiger charge is 2.04. The molecule has 2 aromatic carbocycles. The topological polar surface area (TPSA) is 40.7 Å². The monoisotopic (exact) mass is 361 g/mol. The van der Waals surface area contributed by atoms with Crippen LogP contribution in [-0.2, 0) is 13.0 Å². The fraction of sp³-hybridized carbons (Fsp3) is 0.136. The van der Waals surface area contributed by atoms with Crippen molar-refractivity contribution in [2.45, 2.75) is 13.0 Å². The highest BCUT2D eigenvalue weighted by molar-refractivity contribution is 6.31. The Kier molecular flexibility index (Phi) is 5.00. The summed E-state index contributed by atoms with van der Waals surface area (Å²) in [6.45, 7) is 1.76. The summed E-state index contributed by atoms with van der Waals surface area (Å²) in [6, 6.07) is 20.5. The maximum Gasteiger partial charge on any atom is 0.0702 e. The maximum atomic E-state index is 6.04. The van der Waals surface area contributed by atoms with Crippen LogP contribution in [0.15, 0.2) is 73.1 Å². The van der Waals surface area contributed by atoms with Crippen molar-refractivity contribution in [2.75, 3.05) is 6.54 Å². The minimum Gasteiger partial charge on any atom is -0.361 e. The predicted molar refractivity (Wildman–Crippen MR) is 108 cm³/mol. The van der Waals surface area contributed by atoms with E-state index in [-0.39, 0.29) is 0 Å². The molecule has 0 bridgehead atoms. The summed E-state index contributed by atoms with van der Waals surface area (Å²) < 4.78 is 0. The van der Waals surface area contributed by atoms with Gasteiger partial charge >= 0.3 is 0 Å². The Morgan fingerprint density at radius 2 is 1.96 bits per heavy atom. The van der Waals surface area contributed by atoms with Gasteiger partial charge in [-0.15, -0.1) is 0 Å². The number of hydrogen-bond donors (Lipinski definition) is 2. The highest BCUT2D eigenvalue weighted by atomic mass is 35.5. The zero-order valence-electron chi connectivity index (χ0n) is 14.4. The van der Waals surface area contributed by atoms with Gasteiger partial charge in [0.05, 0.1) is 5.69 Å². The third-order valence-electron chi connectivity index (χ3n) is 4.52. The number of hydrogen-bond acceptors (Lipinski definition) is 2. The van der Waals surface area contributed by atoms with Crippen molar-refractivity contribution in [1.29, 1.82) is 0 Å². The van der Waals surface area contributed by atoms with Crippen LogP contribution in [0.25, 0.3) is 22.2 Å². The average molecular weight is 362 g/mol. The van der Waals surface area contributed by atoms with Gasteiger partial charge in [0.2, 0.25) is 0 Å². The Labute approximate surface area is 158 Å². The van der Waals surface area contributed by atoms with E-state index in [1.54, 1.807) is 0 Å². The molecule has 2 heterocycles. The van der Waals surface area contributed by atoms with Gasteiger partial charge in [0.15, 0.2) is 0 Å². The van der Waals surface area contributed by atoms with Gasteiger partial charge in [0, 0.05) is 40.4 Å². The second-order valence-electron chi connectivity index (χ2n) is 6.35. The minimum atomic E-state index is 0.761. The second-order valence-corrected chi connectivity index (χ2v) is 6.78. The van der Waals surface area contributed by atoms with Crippen LogP contribution in [0.4, 0.5) is 0 Å². The van der Waals surface area contributed by atoms with Crippen LogP contribution in [0.1, 0.15) is 11.1 Å². The number of halogens is 1. The van der Waals surface area contributed by atoms with Crippen LogP contribution in [0.2, 0.25) is 5.02 Å². The number of benzene rings is 2. The van der Waals surface area contributed by atoms with Gasteiger partial charge < -0.3 is 10.3 Å². The van der Waals surface area contributed by atoms with Crippen molar-refractivity contribution in [3.05, 3.63) is 89.2 Å². The molecule has 0 atom stereocenters. The summed E-state index contributed by atoms with van der Waals surface area (Å²) in [5.74, 6) is 0. The number of rotatable bonds is 6. The van der Waals surface area contributed by atoms with E-state index in [9.17, 15) is 0 Å². The molecule has 26 heavy (non-hydrogen) atoms. The summed E-state index contributed by atoms with van der Waals surface area (Å²) in [6.07, 6.45) is 4.88. The van der Waals surface area contributed by atoms with Crippen molar-refractivity contribution in [3.63, 3.8) is 0 Å². The number of aromatic nitrogens is 2. The van der Waals surface area contributed by atoms with E-state index in [0.717, 1.165) is 41.3 Å². The van der Waals surface area contributed by atoms with Gasteiger partial charge in [0.1, 0.15) is 0 Å². The van der Waals surface area contributed by atoms with Gasteiger partial charge in [-0.3, -0.25) is 4.98 Å². The van der Waals surface area contributed by atoms with E-state index in [0.29, 0.717) is 0 Å². The normalized spacial score (nSPS) is 11.1. The Balaban J connectivity index is 1.36. The van der Waals surface area contributed by atoms with Gasteiger partial charge in [-0.25, -0.2) is 0 Å². The third-order valence-corrected chi connectivity index (χ3v) is 4.75. The standard InChI is InChI=1S/C22H20ClN3/c23-19-7-8-20-18(15-26-22(20)13-19)9-11-24-14-16-4-3-5-17(12-16)21-6-1-2-10-25-21/h1-8,10,12-13,15,24,26H,9,11,14H2. The Hall–Kier alpha value is -2.62. The van der Waals surface area contributed by atoms with Crippen molar-refractivity contribution in [2.24, 2.45) is 0 Å². The van der Waals surface area contributed by atoms with E-state index in [1.165, 1.54) is 16.5 Å². The number of H-pyrrole nitrogens is 1. The lowest BCUT2D eigenvalue weighted by Gasteiger charge is -2.07. The van der Waals surface area contributed by atoms with Crippen LogP contribution in [0.3, 0.4) is 0 Å². The van der Waals surface area contributed by atoms with E-state index >= 15 is 0 Å². The van der Waals surface area contributed by atoms with Crippen molar-refractivity contribution >= 4 is 22.5 Å². The molecule has 4 heteroatoms. The lowest BCUT2D eigenvalue weighted by atomic mass is 10.1. The SMILES string of the molecule is Clc1ccc2c(CCNCc3cccc(-c4ccccn4)c3)c[nH]c2c1. The molecule has 4 aromatic rings. The summed E-state index contributed by atoms with van der Waals surface area (Å²) in [4.78, 5) is 7.72. The zero-order valence-corrected chi connectivity index (χ0v) is 15.1. The summed E-state index contributed by atoms with van der Waals surface area (Å²) in [7, 11) is 0. The molecule has 0 spiro atoms. The number of fused-ring (bicyclic) bond motifs is 1. The Bertz CT molecular complexity index is 1010. The van der Waals surface area contributed by atoms with Gasteiger partial charge in [0.25, 0.3) is 0 Å². The first-order valence-corrected chi connectivity index (χ1v) is 9.14. The smallest absolute Gasteiger partial charge is 0.0702 e. The van der Waals surface area contributed by atoms with Crippen LogP contribution in [0, 0.1) is 0 Å². The third kappa shape index (κ3) is 3.79. The van der Waals surface area contributed by atoms with Crippen molar-refractivity contribution in [3.8, 4) is 11.3 Å². The molecule has 0 aliphatic rings. The predicted octanol–water partition coefficient (Wildman–Crippen LogP) is 5.22. The molecule has 0 amide bonds. The Morgan fingerprint density at radius 3 is 2.85 bits per heavy atom. The van der Waals surface area contributed by atoms with Crippen molar-refractivity contribution < 1.29 is 0 Å². The molecular formula is C22H20ClN3. The average Bonchev–Trinajstić information content (AvgIpc) is 3.08. The molecule has 0 saturated carbocycles. The first-order chi connectivity index (χ1) is 12.8. The second kappa shape index (κ2) is 7.73. The number of aromatic amines is 1. The van der Waals surface area contributed by atoms with Gasteiger partial charge in [-0.2, -0.15) is 0 Å². The molecule has 0 saturated heterocycles. The number of nitrogens with zero attached hydrogens (tertiary/aromatic N) is 1.